The number of hydrogen-bond donors (Lipinski definition) is 0. The lowest BCUT2D eigenvalue weighted by Gasteiger charge is -2.15. The maximum absolute atomic E-state index is 12.6. The van der Waals surface area contributed by atoms with E-state index in [2.05, 4.69) is 4.99 Å². The fourth-order valence-electron chi connectivity index (χ4n) is 2.95. The van der Waals surface area contributed by atoms with Crippen molar-refractivity contribution in [1.29, 1.82) is 0 Å². The van der Waals surface area contributed by atoms with Crippen LogP contribution in [0, 0.1) is 0 Å². The number of rotatable bonds is 1. The van der Waals surface area contributed by atoms with E-state index in [0.29, 0.717) is 16.8 Å². The Labute approximate surface area is 133 Å². The SMILES string of the molecule is O=C1CC(=Nc2cccc3ccccc23)C(=O)c2ccccc21. The molecule has 0 saturated carbocycles. The molecule has 3 aromatic carbocycles. The molecular formula is C20H13NO2. The van der Waals surface area contributed by atoms with E-state index >= 15 is 0 Å². The van der Waals surface area contributed by atoms with Crippen molar-refractivity contribution in [3.05, 3.63) is 77.9 Å². The molecule has 3 heteroatoms. The fraction of sp³-hybridized carbons (Fsp3) is 0.0500. The van der Waals surface area contributed by atoms with Crippen LogP contribution >= 0.6 is 0 Å². The third-order valence-corrected chi connectivity index (χ3v) is 4.08. The van der Waals surface area contributed by atoms with Crippen molar-refractivity contribution in [2.24, 2.45) is 4.99 Å². The fourth-order valence-corrected chi connectivity index (χ4v) is 2.95. The van der Waals surface area contributed by atoms with Gasteiger partial charge in [0.1, 0.15) is 0 Å². The van der Waals surface area contributed by atoms with Crippen LogP contribution in [-0.4, -0.2) is 17.3 Å². The van der Waals surface area contributed by atoms with Crippen molar-refractivity contribution in [3.63, 3.8) is 0 Å². The Hall–Kier alpha value is -3.07. The zero-order chi connectivity index (χ0) is 15.8. The first kappa shape index (κ1) is 13.6. The van der Waals surface area contributed by atoms with Gasteiger partial charge in [0, 0.05) is 16.5 Å². The number of hydrogen-bond acceptors (Lipinski definition) is 3. The molecule has 0 atom stereocenters. The van der Waals surface area contributed by atoms with Crippen molar-refractivity contribution in [3.8, 4) is 0 Å². The third kappa shape index (κ3) is 2.27. The molecule has 0 saturated heterocycles. The Bertz CT molecular complexity index is 980. The van der Waals surface area contributed by atoms with Gasteiger partial charge in [0.15, 0.2) is 5.78 Å². The lowest BCUT2D eigenvalue weighted by atomic mass is 9.88. The van der Waals surface area contributed by atoms with Crippen LogP contribution < -0.4 is 0 Å². The highest BCUT2D eigenvalue weighted by atomic mass is 16.1. The summed E-state index contributed by atoms with van der Waals surface area (Å²) >= 11 is 0. The zero-order valence-corrected chi connectivity index (χ0v) is 12.3. The summed E-state index contributed by atoms with van der Waals surface area (Å²) in [7, 11) is 0. The molecule has 0 aliphatic heterocycles. The van der Waals surface area contributed by atoms with Crippen LogP contribution in [0.1, 0.15) is 27.1 Å². The Balaban J connectivity index is 1.86. The molecule has 1 aliphatic rings. The predicted molar refractivity (Wildman–Crippen MR) is 90.8 cm³/mol. The number of fused-ring (bicyclic) bond motifs is 2. The Morgan fingerprint density at radius 1 is 0.739 bits per heavy atom. The summed E-state index contributed by atoms with van der Waals surface area (Å²) in [5.74, 6) is -0.215. The number of nitrogens with zero attached hydrogens (tertiary/aromatic N) is 1. The first-order valence-electron chi connectivity index (χ1n) is 7.46. The smallest absolute Gasteiger partial charge is 0.208 e. The lowest BCUT2D eigenvalue weighted by molar-refractivity contribution is 0.0965. The van der Waals surface area contributed by atoms with Crippen LogP contribution in [0.5, 0.6) is 0 Å². The van der Waals surface area contributed by atoms with Gasteiger partial charge >= 0.3 is 0 Å². The second-order valence-electron chi connectivity index (χ2n) is 5.53. The number of ketones is 2. The van der Waals surface area contributed by atoms with Crippen LogP contribution in [0.15, 0.2) is 71.7 Å². The third-order valence-electron chi connectivity index (χ3n) is 4.08. The number of carbonyl (C=O) groups excluding carboxylic acids is 2. The van der Waals surface area contributed by atoms with Crippen molar-refractivity contribution in [2.75, 3.05) is 0 Å². The highest BCUT2D eigenvalue weighted by Crippen LogP contribution is 2.28. The molecule has 4 rings (SSSR count). The van der Waals surface area contributed by atoms with Crippen LogP contribution in [-0.2, 0) is 0 Å². The molecule has 0 bridgehead atoms. The summed E-state index contributed by atoms with van der Waals surface area (Å²) in [6.07, 6.45) is 0.0546. The summed E-state index contributed by atoms with van der Waals surface area (Å²) < 4.78 is 0. The molecule has 0 spiro atoms. The van der Waals surface area contributed by atoms with Gasteiger partial charge in [-0.25, -0.2) is 4.99 Å². The first-order valence-corrected chi connectivity index (χ1v) is 7.46. The van der Waals surface area contributed by atoms with E-state index in [-0.39, 0.29) is 18.0 Å². The van der Waals surface area contributed by atoms with Crippen LogP contribution in [0.2, 0.25) is 0 Å². The average molecular weight is 299 g/mol. The van der Waals surface area contributed by atoms with Crippen LogP contribution in [0.25, 0.3) is 10.8 Å². The molecule has 0 unspecified atom stereocenters. The Morgan fingerprint density at radius 3 is 2.30 bits per heavy atom. The highest BCUT2D eigenvalue weighted by Gasteiger charge is 2.28. The molecule has 0 aromatic heterocycles. The van der Waals surface area contributed by atoms with Gasteiger partial charge in [0.2, 0.25) is 5.78 Å². The maximum atomic E-state index is 12.6. The van der Waals surface area contributed by atoms with Gasteiger partial charge in [-0.15, -0.1) is 0 Å². The van der Waals surface area contributed by atoms with Gasteiger partial charge in [-0.2, -0.15) is 0 Å². The molecule has 0 N–H and O–H groups in total. The van der Waals surface area contributed by atoms with E-state index in [1.807, 2.05) is 42.5 Å². The van der Waals surface area contributed by atoms with E-state index in [1.54, 1.807) is 24.3 Å². The van der Waals surface area contributed by atoms with Crippen molar-refractivity contribution >= 4 is 33.7 Å². The van der Waals surface area contributed by atoms with Gasteiger partial charge in [0.25, 0.3) is 0 Å². The van der Waals surface area contributed by atoms with Crippen molar-refractivity contribution in [1.82, 2.24) is 0 Å². The molecule has 0 fully saturated rings. The second-order valence-corrected chi connectivity index (χ2v) is 5.53. The summed E-state index contributed by atoms with van der Waals surface area (Å²) in [4.78, 5) is 29.4. The monoisotopic (exact) mass is 299 g/mol. The van der Waals surface area contributed by atoms with Gasteiger partial charge in [0.05, 0.1) is 17.8 Å². The van der Waals surface area contributed by atoms with E-state index in [0.717, 1.165) is 16.5 Å². The zero-order valence-electron chi connectivity index (χ0n) is 12.3. The summed E-state index contributed by atoms with van der Waals surface area (Å²) in [5.41, 5.74) is 1.97. The van der Waals surface area contributed by atoms with Gasteiger partial charge in [-0.1, -0.05) is 60.7 Å². The van der Waals surface area contributed by atoms with Gasteiger partial charge in [-0.05, 0) is 11.5 Å². The normalized spacial score (nSPS) is 15.9. The topological polar surface area (TPSA) is 46.5 Å². The summed E-state index contributed by atoms with van der Waals surface area (Å²) in [5, 5.41) is 2.03. The van der Waals surface area contributed by atoms with E-state index in [9.17, 15) is 9.59 Å². The quantitative estimate of drug-likeness (QED) is 0.669. The van der Waals surface area contributed by atoms with E-state index < -0.39 is 0 Å². The minimum Gasteiger partial charge on any atom is -0.294 e. The van der Waals surface area contributed by atoms with Gasteiger partial charge < -0.3 is 0 Å². The standard InChI is InChI=1S/C20H13NO2/c22-19-12-18(20(23)16-10-4-3-9-15(16)19)21-17-11-5-7-13-6-1-2-8-14(13)17/h1-11H,12H2. The van der Waals surface area contributed by atoms with Crippen LogP contribution in [0.4, 0.5) is 5.69 Å². The molecule has 1 aliphatic carbocycles. The molecule has 0 heterocycles. The summed E-state index contributed by atoms with van der Waals surface area (Å²) in [6.45, 7) is 0. The minimum atomic E-state index is -0.159. The summed E-state index contributed by atoms with van der Waals surface area (Å²) in [6, 6.07) is 20.6. The molecular weight excluding hydrogens is 286 g/mol. The predicted octanol–water partition coefficient (Wildman–Crippen LogP) is 4.38. The average Bonchev–Trinajstić information content (AvgIpc) is 2.60. The maximum Gasteiger partial charge on any atom is 0.208 e. The molecule has 3 nitrogen and oxygen atoms in total. The minimum absolute atomic E-state index is 0.0546. The largest absolute Gasteiger partial charge is 0.294 e. The number of benzene rings is 3. The molecule has 3 aromatic rings. The van der Waals surface area contributed by atoms with Crippen molar-refractivity contribution < 1.29 is 9.59 Å². The molecule has 0 amide bonds. The first-order chi connectivity index (χ1) is 11.2. The van der Waals surface area contributed by atoms with Crippen molar-refractivity contribution in [2.45, 2.75) is 6.42 Å². The molecule has 0 radical (unpaired) electrons. The number of Topliss-reactive ketones (excluding diaryl/α,β-unsaturated/α-hetero) is 2. The van der Waals surface area contributed by atoms with E-state index in [4.69, 9.17) is 0 Å². The van der Waals surface area contributed by atoms with E-state index in [1.165, 1.54) is 0 Å². The highest BCUT2D eigenvalue weighted by molar-refractivity contribution is 6.53. The Morgan fingerprint density at radius 2 is 1.43 bits per heavy atom. The molecule has 110 valence electrons. The molecule has 23 heavy (non-hydrogen) atoms. The number of carbonyl (C=O) groups is 2. The van der Waals surface area contributed by atoms with Gasteiger partial charge in [-0.3, -0.25) is 9.59 Å². The second kappa shape index (κ2) is 5.29. The van der Waals surface area contributed by atoms with Crippen LogP contribution in [0.3, 0.4) is 0 Å². The number of aliphatic imine (C=N–C) groups is 1. The lowest BCUT2D eigenvalue weighted by Crippen LogP contribution is -2.26. The Kier molecular flexibility index (Phi) is 3.12.